The van der Waals surface area contributed by atoms with Gasteiger partial charge in [-0.2, -0.15) is 0 Å². The highest BCUT2D eigenvalue weighted by atomic mass is 35.5. The Hall–Kier alpha value is -1.59. The zero-order chi connectivity index (χ0) is 15.5. The molecule has 2 heterocycles. The second kappa shape index (κ2) is 7.79. The van der Waals surface area contributed by atoms with Gasteiger partial charge in [0.1, 0.15) is 0 Å². The molecule has 1 unspecified atom stereocenters. The number of carbonyl (C=O) groups is 2. The van der Waals surface area contributed by atoms with Crippen LogP contribution in [-0.2, 0) is 4.79 Å². The van der Waals surface area contributed by atoms with Crippen LogP contribution in [-0.4, -0.2) is 42.9 Å². The minimum Gasteiger partial charge on any atom is -0.339 e. The van der Waals surface area contributed by atoms with E-state index in [1.807, 2.05) is 30.0 Å². The molecule has 5 nitrogen and oxygen atoms in total. The highest BCUT2D eigenvalue weighted by Crippen LogP contribution is 2.21. The van der Waals surface area contributed by atoms with E-state index in [4.69, 9.17) is 0 Å². The van der Waals surface area contributed by atoms with E-state index in [0.29, 0.717) is 5.56 Å². The Morgan fingerprint density at radius 3 is 2.61 bits per heavy atom. The summed E-state index contributed by atoms with van der Waals surface area (Å²) in [6, 6.07) is 5.54. The highest BCUT2D eigenvalue weighted by Gasteiger charge is 2.23. The molecular weight excluding hydrogens is 314 g/mol. The van der Waals surface area contributed by atoms with Gasteiger partial charge in [-0.15, -0.1) is 12.4 Å². The fourth-order valence-corrected chi connectivity index (χ4v) is 3.15. The fourth-order valence-electron chi connectivity index (χ4n) is 3.15. The number of hydrogen-bond donors (Lipinski definition) is 2. The average molecular weight is 338 g/mol. The van der Waals surface area contributed by atoms with E-state index in [2.05, 4.69) is 10.6 Å². The largest absolute Gasteiger partial charge is 0.339 e. The Bertz CT molecular complexity index is 579. The van der Waals surface area contributed by atoms with Crippen molar-refractivity contribution in [1.82, 2.24) is 10.2 Å². The van der Waals surface area contributed by atoms with Gasteiger partial charge in [0.05, 0.1) is 5.92 Å². The van der Waals surface area contributed by atoms with Crippen LogP contribution in [0.15, 0.2) is 18.2 Å². The molecule has 0 saturated carbocycles. The second-order valence-electron chi connectivity index (χ2n) is 6.21. The number of aryl methyl sites for hydroxylation is 1. The van der Waals surface area contributed by atoms with Gasteiger partial charge in [0.15, 0.2) is 0 Å². The van der Waals surface area contributed by atoms with Crippen molar-refractivity contribution in [2.75, 3.05) is 31.5 Å². The summed E-state index contributed by atoms with van der Waals surface area (Å²) in [5, 5.41) is 6.18. The summed E-state index contributed by atoms with van der Waals surface area (Å²) >= 11 is 0. The van der Waals surface area contributed by atoms with Crippen molar-refractivity contribution in [2.24, 2.45) is 5.92 Å². The molecule has 23 heavy (non-hydrogen) atoms. The SMILES string of the molecule is Cc1cc(C(=O)N2CCCC2)ccc1NC(=O)C1CCNC1.Cl. The topological polar surface area (TPSA) is 61.4 Å². The number of nitrogens with zero attached hydrogens (tertiary/aromatic N) is 1. The predicted molar refractivity (Wildman–Crippen MR) is 93.2 cm³/mol. The second-order valence-corrected chi connectivity index (χ2v) is 6.21. The first-order valence-corrected chi connectivity index (χ1v) is 8.06. The van der Waals surface area contributed by atoms with Crippen LogP contribution in [0.25, 0.3) is 0 Å². The van der Waals surface area contributed by atoms with E-state index >= 15 is 0 Å². The number of carbonyl (C=O) groups excluding carboxylic acids is 2. The number of likely N-dealkylation sites (tertiary alicyclic amines) is 1. The third-order valence-corrected chi connectivity index (χ3v) is 4.56. The Morgan fingerprint density at radius 1 is 1.26 bits per heavy atom. The molecule has 0 aromatic heterocycles. The van der Waals surface area contributed by atoms with Gasteiger partial charge in [0.2, 0.25) is 5.91 Å². The first-order valence-electron chi connectivity index (χ1n) is 8.06. The molecule has 0 spiro atoms. The molecule has 126 valence electrons. The quantitative estimate of drug-likeness (QED) is 0.889. The lowest BCUT2D eigenvalue weighted by Crippen LogP contribution is -2.28. The van der Waals surface area contributed by atoms with Gasteiger partial charge < -0.3 is 15.5 Å². The van der Waals surface area contributed by atoms with Gasteiger partial charge >= 0.3 is 0 Å². The molecular formula is C17H24ClN3O2. The lowest BCUT2D eigenvalue weighted by atomic mass is 10.1. The standard InChI is InChI=1S/C17H23N3O2.ClH/c1-12-10-13(17(22)20-8-2-3-9-20)4-5-15(12)19-16(21)14-6-7-18-11-14;/h4-5,10,14,18H,2-3,6-9,11H2,1H3,(H,19,21);1H. The van der Waals surface area contributed by atoms with Crippen LogP contribution < -0.4 is 10.6 Å². The van der Waals surface area contributed by atoms with Crippen LogP contribution in [0.4, 0.5) is 5.69 Å². The summed E-state index contributed by atoms with van der Waals surface area (Å²) < 4.78 is 0. The van der Waals surface area contributed by atoms with Crippen molar-refractivity contribution in [1.29, 1.82) is 0 Å². The number of hydrogen-bond acceptors (Lipinski definition) is 3. The van der Waals surface area contributed by atoms with Crippen LogP contribution in [0, 0.1) is 12.8 Å². The zero-order valence-corrected chi connectivity index (χ0v) is 14.2. The monoisotopic (exact) mass is 337 g/mol. The molecule has 2 amide bonds. The van der Waals surface area contributed by atoms with E-state index < -0.39 is 0 Å². The number of anilines is 1. The Balaban J connectivity index is 0.00000192. The van der Waals surface area contributed by atoms with Crippen molar-refractivity contribution in [3.05, 3.63) is 29.3 Å². The molecule has 0 bridgehead atoms. The molecule has 1 aromatic carbocycles. The Morgan fingerprint density at radius 2 is 2.00 bits per heavy atom. The van der Waals surface area contributed by atoms with Gasteiger partial charge in [-0.3, -0.25) is 9.59 Å². The summed E-state index contributed by atoms with van der Waals surface area (Å²) in [6.07, 6.45) is 3.07. The van der Waals surface area contributed by atoms with Crippen molar-refractivity contribution >= 4 is 29.9 Å². The minimum atomic E-state index is 0. The predicted octanol–water partition coefficient (Wildman–Crippen LogP) is 2.20. The van der Waals surface area contributed by atoms with Gasteiger partial charge in [-0.1, -0.05) is 0 Å². The summed E-state index contributed by atoms with van der Waals surface area (Å²) in [7, 11) is 0. The highest BCUT2D eigenvalue weighted by molar-refractivity contribution is 5.97. The maximum absolute atomic E-state index is 12.4. The molecule has 2 saturated heterocycles. The number of rotatable bonds is 3. The van der Waals surface area contributed by atoms with Gasteiger partial charge in [-0.05, 0) is 56.5 Å². The van der Waals surface area contributed by atoms with E-state index in [0.717, 1.165) is 56.7 Å². The van der Waals surface area contributed by atoms with Crippen LogP contribution >= 0.6 is 12.4 Å². The molecule has 3 rings (SSSR count). The number of amides is 2. The van der Waals surface area contributed by atoms with Crippen molar-refractivity contribution in [2.45, 2.75) is 26.2 Å². The average Bonchev–Trinajstić information content (AvgIpc) is 3.21. The number of benzene rings is 1. The normalized spacial score (nSPS) is 20.2. The van der Waals surface area contributed by atoms with Gasteiger partial charge in [0, 0.05) is 30.9 Å². The number of halogens is 1. The molecule has 2 aliphatic heterocycles. The van der Waals surface area contributed by atoms with Crippen LogP contribution in [0.1, 0.15) is 35.2 Å². The smallest absolute Gasteiger partial charge is 0.253 e. The van der Waals surface area contributed by atoms with Crippen LogP contribution in [0.2, 0.25) is 0 Å². The van der Waals surface area contributed by atoms with Gasteiger partial charge in [-0.25, -0.2) is 0 Å². The fraction of sp³-hybridized carbons (Fsp3) is 0.529. The maximum atomic E-state index is 12.4. The van der Waals surface area contributed by atoms with Gasteiger partial charge in [0.25, 0.3) is 5.91 Å². The lowest BCUT2D eigenvalue weighted by Gasteiger charge is -2.17. The molecule has 0 radical (unpaired) electrons. The molecule has 1 atom stereocenters. The third kappa shape index (κ3) is 4.03. The molecule has 2 aliphatic rings. The maximum Gasteiger partial charge on any atom is 0.253 e. The molecule has 1 aromatic rings. The van der Waals surface area contributed by atoms with E-state index in [-0.39, 0.29) is 30.1 Å². The van der Waals surface area contributed by atoms with Crippen LogP contribution in [0.3, 0.4) is 0 Å². The van der Waals surface area contributed by atoms with E-state index in [9.17, 15) is 9.59 Å². The molecule has 6 heteroatoms. The summed E-state index contributed by atoms with van der Waals surface area (Å²) in [6.45, 7) is 5.29. The lowest BCUT2D eigenvalue weighted by molar-refractivity contribution is -0.119. The number of nitrogens with one attached hydrogen (secondary N) is 2. The third-order valence-electron chi connectivity index (χ3n) is 4.56. The summed E-state index contributed by atoms with van der Waals surface area (Å²) in [5.74, 6) is 0.204. The first-order chi connectivity index (χ1) is 10.6. The zero-order valence-electron chi connectivity index (χ0n) is 13.4. The summed E-state index contributed by atoms with van der Waals surface area (Å²) in [4.78, 5) is 26.4. The van der Waals surface area contributed by atoms with E-state index in [1.165, 1.54) is 0 Å². The Labute approximate surface area is 143 Å². The first kappa shape index (κ1) is 17.8. The van der Waals surface area contributed by atoms with Crippen molar-refractivity contribution in [3.8, 4) is 0 Å². The molecule has 2 N–H and O–H groups in total. The van der Waals surface area contributed by atoms with Crippen molar-refractivity contribution < 1.29 is 9.59 Å². The minimum absolute atomic E-state index is 0. The van der Waals surface area contributed by atoms with E-state index in [1.54, 1.807) is 0 Å². The Kier molecular flexibility index (Phi) is 6.02. The summed E-state index contributed by atoms with van der Waals surface area (Å²) in [5.41, 5.74) is 2.44. The molecule has 0 aliphatic carbocycles. The van der Waals surface area contributed by atoms with Crippen molar-refractivity contribution in [3.63, 3.8) is 0 Å². The van der Waals surface area contributed by atoms with Crippen LogP contribution in [0.5, 0.6) is 0 Å². The molecule has 2 fully saturated rings.